The second-order valence-corrected chi connectivity index (χ2v) is 14.9. The van der Waals surface area contributed by atoms with Crippen LogP contribution in [0.15, 0.2) is 0 Å². The van der Waals surface area contributed by atoms with E-state index in [1.807, 2.05) is 0 Å². The largest absolute Gasteiger partial charge is 0.107 e. The van der Waals surface area contributed by atoms with Gasteiger partial charge in [-0.05, 0) is 81.1 Å². The molecule has 0 aromatic rings. The van der Waals surface area contributed by atoms with Gasteiger partial charge in [-0.25, -0.2) is 0 Å². The normalized spacial score (nSPS) is 12.0. The van der Waals surface area contributed by atoms with Gasteiger partial charge >= 0.3 is 0 Å². The van der Waals surface area contributed by atoms with Crippen molar-refractivity contribution in [3.05, 3.63) is 0 Å². The molecule has 128 valence electrons. The second-order valence-electron chi connectivity index (χ2n) is 5.90. The van der Waals surface area contributed by atoms with Crippen molar-refractivity contribution in [1.29, 1.82) is 0 Å². The maximum atomic E-state index is 2.43. The third-order valence-electron chi connectivity index (χ3n) is 4.63. The molecule has 0 aliphatic carbocycles. The zero-order chi connectivity index (χ0) is 15.9. The van der Waals surface area contributed by atoms with Gasteiger partial charge in [0.15, 0.2) is 0 Å². The first-order valence-corrected chi connectivity index (χ1v) is 15.1. The molecule has 3 heteroatoms. The van der Waals surface area contributed by atoms with Crippen LogP contribution in [-0.2, 0) is 0 Å². The number of hydrogen-bond acceptors (Lipinski definition) is 0. The molecule has 0 atom stereocenters. The summed E-state index contributed by atoms with van der Waals surface area (Å²) in [4.78, 5) is 0. The van der Waals surface area contributed by atoms with E-state index >= 15 is 0 Å². The summed E-state index contributed by atoms with van der Waals surface area (Å²) in [6, 6.07) is 0. The quantitative estimate of drug-likeness (QED) is 0.218. The Balaban J connectivity index is 3.62. The van der Waals surface area contributed by atoms with Crippen LogP contribution in [0.5, 0.6) is 0 Å². The Kier molecular flexibility index (Phi) is 17.2. The van der Waals surface area contributed by atoms with Gasteiger partial charge in [0, 0.05) is 0 Å². The minimum atomic E-state index is 0.377. The summed E-state index contributed by atoms with van der Waals surface area (Å²) < 4.78 is 0. The highest BCUT2D eigenvalue weighted by atomic mass is 31.1. The maximum Gasteiger partial charge on any atom is -0.0326 e. The molecule has 0 amide bonds. The zero-order valence-electron chi connectivity index (χ0n) is 15.5. The molecule has 0 fully saturated rings. The Morgan fingerprint density at radius 1 is 0.381 bits per heavy atom. The third kappa shape index (κ3) is 12.4. The van der Waals surface area contributed by atoms with Gasteiger partial charge in [-0.2, -0.15) is 0 Å². The first kappa shape index (κ1) is 22.3. The Labute approximate surface area is 139 Å². The van der Waals surface area contributed by atoms with E-state index in [2.05, 4.69) is 34.6 Å². The van der Waals surface area contributed by atoms with Crippen LogP contribution in [0.1, 0.15) is 60.3 Å². The fraction of sp³-hybridized carbons (Fsp3) is 1.00. The predicted molar refractivity (Wildman–Crippen MR) is 111 cm³/mol. The van der Waals surface area contributed by atoms with Gasteiger partial charge in [0.2, 0.25) is 0 Å². The monoisotopic (exact) mass is 350 g/mol. The molecule has 0 heterocycles. The van der Waals surface area contributed by atoms with E-state index in [0.29, 0.717) is 23.8 Å². The average molecular weight is 350 g/mol. The topological polar surface area (TPSA) is 0 Å². The van der Waals surface area contributed by atoms with Crippen LogP contribution < -0.4 is 0 Å². The highest BCUT2D eigenvalue weighted by molar-refractivity contribution is 7.58. The van der Waals surface area contributed by atoms with Gasteiger partial charge < -0.3 is 0 Å². The van der Waals surface area contributed by atoms with E-state index in [9.17, 15) is 0 Å². The van der Waals surface area contributed by atoms with E-state index in [4.69, 9.17) is 0 Å². The molecular formula is C18H41P3. The minimum Gasteiger partial charge on any atom is -0.107 e. The summed E-state index contributed by atoms with van der Waals surface area (Å²) in [5, 5.41) is 0. The molecule has 0 aromatic heterocycles. The lowest BCUT2D eigenvalue weighted by Crippen LogP contribution is -1.98. The van der Waals surface area contributed by atoms with Crippen LogP contribution in [0, 0.1) is 0 Å². The molecular weight excluding hydrogens is 309 g/mol. The summed E-state index contributed by atoms with van der Waals surface area (Å²) in [5.41, 5.74) is 0. The number of rotatable bonds is 15. The Bertz CT molecular complexity index is 181. The van der Waals surface area contributed by atoms with Crippen molar-refractivity contribution in [2.75, 3.05) is 55.5 Å². The fourth-order valence-electron chi connectivity index (χ4n) is 2.85. The van der Waals surface area contributed by atoms with Crippen molar-refractivity contribution >= 4 is 23.8 Å². The molecule has 0 aromatic carbocycles. The van der Waals surface area contributed by atoms with E-state index in [0.717, 1.165) is 0 Å². The summed E-state index contributed by atoms with van der Waals surface area (Å²) in [5.74, 6) is 0. The van der Waals surface area contributed by atoms with Crippen LogP contribution in [0.25, 0.3) is 0 Å². The molecule has 21 heavy (non-hydrogen) atoms. The van der Waals surface area contributed by atoms with Gasteiger partial charge in [-0.15, -0.1) is 23.8 Å². The summed E-state index contributed by atoms with van der Waals surface area (Å²) >= 11 is 0. The minimum absolute atomic E-state index is 0.377. The molecule has 0 nitrogen and oxygen atoms in total. The van der Waals surface area contributed by atoms with Crippen molar-refractivity contribution in [3.63, 3.8) is 0 Å². The second kappa shape index (κ2) is 16.2. The molecule has 0 saturated carbocycles. The van der Waals surface area contributed by atoms with E-state index in [-0.39, 0.29) is 0 Å². The molecule has 0 radical (unpaired) electrons. The summed E-state index contributed by atoms with van der Waals surface area (Å²) in [6.07, 6.45) is 19.6. The Morgan fingerprint density at radius 3 is 0.857 bits per heavy atom. The van der Waals surface area contributed by atoms with Gasteiger partial charge in [-0.3, -0.25) is 0 Å². The van der Waals surface area contributed by atoms with E-state index in [1.54, 1.807) is 24.6 Å². The first-order chi connectivity index (χ1) is 10.2. The number of unbranched alkanes of at least 4 members (excludes halogenated alkanes) is 2. The molecule has 0 saturated heterocycles. The van der Waals surface area contributed by atoms with E-state index < -0.39 is 0 Å². The van der Waals surface area contributed by atoms with Gasteiger partial charge in [0.05, 0.1) is 0 Å². The lowest BCUT2D eigenvalue weighted by molar-refractivity contribution is 0.870. The molecule has 0 N–H and O–H groups in total. The van der Waals surface area contributed by atoms with Crippen molar-refractivity contribution in [3.8, 4) is 0 Å². The maximum absolute atomic E-state index is 2.43. The van der Waals surface area contributed by atoms with Crippen LogP contribution in [0.2, 0.25) is 0 Å². The molecule has 0 aliphatic rings. The van der Waals surface area contributed by atoms with Crippen LogP contribution in [0.4, 0.5) is 0 Å². The van der Waals surface area contributed by atoms with Crippen LogP contribution >= 0.6 is 23.8 Å². The third-order valence-corrected chi connectivity index (χ3v) is 12.9. The van der Waals surface area contributed by atoms with Gasteiger partial charge in [-0.1, -0.05) is 34.6 Å². The summed E-state index contributed by atoms with van der Waals surface area (Å²) in [7, 11) is 1.16. The average Bonchev–Trinajstić information content (AvgIpc) is 2.53. The Hall–Kier alpha value is 1.29. The Morgan fingerprint density at radius 2 is 0.619 bits per heavy atom. The molecule has 0 bridgehead atoms. The molecule has 0 spiro atoms. The van der Waals surface area contributed by atoms with Crippen LogP contribution in [0.3, 0.4) is 0 Å². The lowest BCUT2D eigenvalue weighted by Gasteiger charge is -2.18. The lowest BCUT2D eigenvalue weighted by atomic mass is 10.4. The molecule has 0 rings (SSSR count). The van der Waals surface area contributed by atoms with Crippen molar-refractivity contribution in [2.45, 2.75) is 60.3 Å². The van der Waals surface area contributed by atoms with E-state index in [1.165, 1.54) is 56.5 Å². The predicted octanol–water partition coefficient (Wildman–Crippen LogP) is 7.09. The van der Waals surface area contributed by atoms with Crippen molar-refractivity contribution in [1.82, 2.24) is 0 Å². The summed E-state index contributed by atoms with van der Waals surface area (Å²) in [6.45, 7) is 12.0. The standard InChI is InChI=1S/C18H41P3/c1-6-19(7-2)15-11-13-17-21(10-5)18-14-12-16-20(8-3)9-4/h6-18H2,1-5H3. The van der Waals surface area contributed by atoms with Gasteiger partial charge in [0.1, 0.15) is 0 Å². The fourth-order valence-corrected chi connectivity index (χ4v) is 8.55. The van der Waals surface area contributed by atoms with Crippen molar-refractivity contribution in [2.24, 2.45) is 0 Å². The van der Waals surface area contributed by atoms with Crippen LogP contribution in [-0.4, -0.2) is 55.5 Å². The first-order valence-electron chi connectivity index (χ1n) is 9.38. The zero-order valence-corrected chi connectivity index (χ0v) is 18.2. The highest BCUT2D eigenvalue weighted by Gasteiger charge is 2.08. The van der Waals surface area contributed by atoms with Gasteiger partial charge in [0.25, 0.3) is 0 Å². The molecule has 0 aliphatic heterocycles. The molecule has 0 unspecified atom stereocenters. The highest BCUT2D eigenvalue weighted by Crippen LogP contribution is 2.40. The smallest absolute Gasteiger partial charge is 0.0326 e. The SMILES string of the molecule is CCP(CC)CCCCP(CC)CCCCP(CC)CC. The van der Waals surface area contributed by atoms with Crippen molar-refractivity contribution < 1.29 is 0 Å². The number of hydrogen-bond donors (Lipinski definition) is 0.